The van der Waals surface area contributed by atoms with E-state index in [4.69, 9.17) is 4.74 Å². The van der Waals surface area contributed by atoms with Crippen LogP contribution in [0.4, 0.5) is 14.9 Å². The topological polar surface area (TPSA) is 94.0 Å². The van der Waals surface area contributed by atoms with Crippen molar-refractivity contribution in [3.05, 3.63) is 60.2 Å². The third-order valence-electron chi connectivity index (χ3n) is 3.35. The summed E-state index contributed by atoms with van der Waals surface area (Å²) in [7, 11) is 1.52. The Balaban J connectivity index is 1.66. The molecular formula is C16H15FN6O2. The normalized spacial score (nSPS) is 10.3. The number of ether oxygens (including phenoxy) is 1. The van der Waals surface area contributed by atoms with Crippen LogP contribution in [0.25, 0.3) is 5.69 Å². The van der Waals surface area contributed by atoms with Crippen molar-refractivity contribution < 1.29 is 13.9 Å². The van der Waals surface area contributed by atoms with Gasteiger partial charge in [-0.15, -0.1) is 5.10 Å². The second kappa shape index (κ2) is 7.39. The molecule has 3 aromatic rings. The average molecular weight is 342 g/mol. The molecule has 0 aliphatic carbocycles. The molecule has 3 rings (SSSR count). The quantitative estimate of drug-likeness (QED) is 0.741. The number of para-hydroxylation sites is 2. The van der Waals surface area contributed by atoms with E-state index in [2.05, 4.69) is 26.2 Å². The molecule has 25 heavy (non-hydrogen) atoms. The second-order valence-corrected chi connectivity index (χ2v) is 4.99. The molecule has 0 spiro atoms. The van der Waals surface area contributed by atoms with E-state index in [1.807, 2.05) is 0 Å². The van der Waals surface area contributed by atoms with E-state index in [1.54, 1.807) is 36.4 Å². The summed E-state index contributed by atoms with van der Waals surface area (Å²) in [6.45, 7) is 0.0600. The molecule has 0 bridgehead atoms. The van der Waals surface area contributed by atoms with Gasteiger partial charge in [0.25, 0.3) is 0 Å². The standard InChI is InChI=1S/C16H15FN6O2/c1-25-14-8-3-2-7-13(14)19-16(24)18-10-15-20-21-22-23(15)12-6-4-5-11(17)9-12/h2-9H,10H2,1H3,(H2,18,19,24). The van der Waals surface area contributed by atoms with Gasteiger partial charge in [-0.05, 0) is 40.8 Å². The number of halogens is 1. The minimum Gasteiger partial charge on any atom is -0.495 e. The van der Waals surface area contributed by atoms with Crippen LogP contribution in [0.2, 0.25) is 0 Å². The SMILES string of the molecule is COc1ccccc1NC(=O)NCc1nnnn1-c1cccc(F)c1. The van der Waals surface area contributed by atoms with Crippen LogP contribution in [-0.4, -0.2) is 33.3 Å². The number of aromatic nitrogens is 4. The summed E-state index contributed by atoms with van der Waals surface area (Å²) in [6, 6.07) is 12.4. The Morgan fingerprint density at radius 3 is 2.88 bits per heavy atom. The van der Waals surface area contributed by atoms with Gasteiger partial charge in [-0.3, -0.25) is 0 Å². The molecule has 0 fully saturated rings. The smallest absolute Gasteiger partial charge is 0.319 e. The van der Waals surface area contributed by atoms with Crippen LogP contribution >= 0.6 is 0 Å². The van der Waals surface area contributed by atoms with Crippen molar-refractivity contribution in [3.8, 4) is 11.4 Å². The molecule has 0 saturated heterocycles. The number of methoxy groups -OCH3 is 1. The van der Waals surface area contributed by atoms with Crippen molar-refractivity contribution in [2.45, 2.75) is 6.54 Å². The van der Waals surface area contributed by atoms with E-state index in [0.29, 0.717) is 22.9 Å². The molecular weight excluding hydrogens is 327 g/mol. The van der Waals surface area contributed by atoms with E-state index < -0.39 is 11.8 Å². The fraction of sp³-hybridized carbons (Fsp3) is 0.125. The van der Waals surface area contributed by atoms with Crippen molar-refractivity contribution in [2.75, 3.05) is 12.4 Å². The predicted molar refractivity (Wildman–Crippen MR) is 88.0 cm³/mol. The molecule has 2 aromatic carbocycles. The van der Waals surface area contributed by atoms with Crippen LogP contribution < -0.4 is 15.4 Å². The van der Waals surface area contributed by atoms with Gasteiger partial charge in [0.15, 0.2) is 5.82 Å². The van der Waals surface area contributed by atoms with E-state index in [9.17, 15) is 9.18 Å². The molecule has 9 heteroatoms. The predicted octanol–water partition coefficient (Wildman–Crippen LogP) is 2.13. The van der Waals surface area contributed by atoms with Gasteiger partial charge in [0, 0.05) is 0 Å². The maximum Gasteiger partial charge on any atom is 0.319 e. The lowest BCUT2D eigenvalue weighted by Crippen LogP contribution is -2.29. The summed E-state index contributed by atoms with van der Waals surface area (Å²) in [4.78, 5) is 12.1. The molecule has 0 saturated carbocycles. The van der Waals surface area contributed by atoms with Crippen molar-refractivity contribution in [1.29, 1.82) is 0 Å². The number of rotatable bonds is 5. The largest absolute Gasteiger partial charge is 0.495 e. The number of hydrogen-bond acceptors (Lipinski definition) is 5. The highest BCUT2D eigenvalue weighted by atomic mass is 19.1. The number of urea groups is 1. The molecule has 0 aliphatic rings. The first kappa shape index (κ1) is 16.4. The maximum atomic E-state index is 13.3. The van der Waals surface area contributed by atoms with E-state index in [1.165, 1.54) is 23.9 Å². The molecule has 0 unspecified atom stereocenters. The van der Waals surface area contributed by atoms with Crippen LogP contribution in [0.5, 0.6) is 5.75 Å². The lowest BCUT2D eigenvalue weighted by Gasteiger charge is -2.11. The highest BCUT2D eigenvalue weighted by Crippen LogP contribution is 2.22. The Kier molecular flexibility index (Phi) is 4.84. The third-order valence-corrected chi connectivity index (χ3v) is 3.35. The molecule has 0 radical (unpaired) electrons. The molecule has 0 atom stereocenters. The molecule has 128 valence electrons. The number of anilines is 1. The first-order valence-electron chi connectivity index (χ1n) is 7.38. The summed E-state index contributed by atoms with van der Waals surface area (Å²) in [5, 5.41) is 16.6. The molecule has 8 nitrogen and oxygen atoms in total. The zero-order valence-electron chi connectivity index (χ0n) is 13.3. The first-order chi connectivity index (χ1) is 12.2. The van der Waals surface area contributed by atoms with Crippen molar-refractivity contribution >= 4 is 11.7 Å². The van der Waals surface area contributed by atoms with E-state index >= 15 is 0 Å². The van der Waals surface area contributed by atoms with Crippen molar-refractivity contribution in [1.82, 2.24) is 25.5 Å². The Bertz CT molecular complexity index is 882. The lowest BCUT2D eigenvalue weighted by molar-refractivity contribution is 0.251. The van der Waals surface area contributed by atoms with Gasteiger partial charge < -0.3 is 15.4 Å². The third kappa shape index (κ3) is 3.89. The number of benzene rings is 2. The maximum absolute atomic E-state index is 13.3. The van der Waals surface area contributed by atoms with Gasteiger partial charge in [-0.2, -0.15) is 4.68 Å². The Morgan fingerprint density at radius 1 is 1.24 bits per heavy atom. The molecule has 1 aromatic heterocycles. The fourth-order valence-electron chi connectivity index (χ4n) is 2.20. The number of nitrogens with one attached hydrogen (secondary N) is 2. The number of carbonyl (C=O) groups excluding carboxylic acids is 1. The molecule has 1 heterocycles. The summed E-state index contributed by atoms with van der Waals surface area (Å²) >= 11 is 0. The molecule has 2 N–H and O–H groups in total. The number of tetrazole rings is 1. The monoisotopic (exact) mass is 342 g/mol. The zero-order chi connectivity index (χ0) is 17.6. The lowest BCUT2D eigenvalue weighted by atomic mass is 10.3. The van der Waals surface area contributed by atoms with Crippen molar-refractivity contribution in [3.63, 3.8) is 0 Å². The number of carbonyl (C=O) groups is 1. The van der Waals surface area contributed by atoms with Crippen LogP contribution in [0.3, 0.4) is 0 Å². The van der Waals surface area contributed by atoms with Crippen LogP contribution in [0.15, 0.2) is 48.5 Å². The minimum absolute atomic E-state index is 0.0600. The Hall–Kier alpha value is -3.49. The van der Waals surface area contributed by atoms with Gasteiger partial charge >= 0.3 is 6.03 Å². The summed E-state index contributed by atoms with van der Waals surface area (Å²) in [5.74, 6) is 0.504. The highest BCUT2D eigenvalue weighted by Gasteiger charge is 2.11. The average Bonchev–Trinajstić information content (AvgIpc) is 3.09. The number of hydrogen-bond donors (Lipinski definition) is 2. The molecule has 2 amide bonds. The highest BCUT2D eigenvalue weighted by molar-refractivity contribution is 5.90. The van der Waals surface area contributed by atoms with Gasteiger partial charge in [0.2, 0.25) is 0 Å². The molecule has 0 aliphatic heterocycles. The summed E-state index contributed by atoms with van der Waals surface area (Å²) < 4.78 is 19.9. The van der Waals surface area contributed by atoms with E-state index in [0.717, 1.165) is 0 Å². The number of amides is 2. The van der Waals surface area contributed by atoms with Gasteiger partial charge in [-0.1, -0.05) is 18.2 Å². The zero-order valence-corrected chi connectivity index (χ0v) is 13.3. The van der Waals surface area contributed by atoms with E-state index in [-0.39, 0.29) is 6.54 Å². The van der Waals surface area contributed by atoms with Gasteiger partial charge in [-0.25, -0.2) is 9.18 Å². The summed E-state index contributed by atoms with van der Waals surface area (Å²) in [6.07, 6.45) is 0. The van der Waals surface area contributed by atoms with Crippen molar-refractivity contribution in [2.24, 2.45) is 0 Å². The number of nitrogens with zero attached hydrogens (tertiary/aromatic N) is 4. The Morgan fingerprint density at radius 2 is 2.08 bits per heavy atom. The van der Waals surface area contributed by atoms with Crippen LogP contribution in [0, 0.1) is 5.82 Å². The van der Waals surface area contributed by atoms with Crippen LogP contribution in [-0.2, 0) is 6.54 Å². The van der Waals surface area contributed by atoms with Gasteiger partial charge in [0.05, 0.1) is 25.0 Å². The second-order valence-electron chi connectivity index (χ2n) is 4.99. The summed E-state index contributed by atoms with van der Waals surface area (Å²) in [5.41, 5.74) is 0.999. The van der Waals surface area contributed by atoms with Crippen LogP contribution in [0.1, 0.15) is 5.82 Å². The Labute approximate surface area is 142 Å². The van der Waals surface area contributed by atoms with Gasteiger partial charge in [0.1, 0.15) is 11.6 Å². The fourth-order valence-corrected chi connectivity index (χ4v) is 2.20. The minimum atomic E-state index is -0.446. The first-order valence-corrected chi connectivity index (χ1v) is 7.38.